The average molecular weight is 539 g/mol. The quantitative estimate of drug-likeness (QED) is 0.491. The van der Waals surface area contributed by atoms with Crippen LogP contribution in [0.3, 0.4) is 0 Å². The van der Waals surface area contributed by atoms with Gasteiger partial charge in [-0.2, -0.15) is 0 Å². The summed E-state index contributed by atoms with van der Waals surface area (Å²) < 4.78 is 0. The molecule has 3 unspecified atom stereocenters. The third kappa shape index (κ3) is 6.35. The Bertz CT molecular complexity index is 1190. The Hall–Kier alpha value is -3.39. The molecular weight excluding hydrogens is 504 g/mol. The van der Waals surface area contributed by atoms with Crippen molar-refractivity contribution in [3.8, 4) is 0 Å². The van der Waals surface area contributed by atoms with E-state index in [0.29, 0.717) is 23.6 Å². The summed E-state index contributed by atoms with van der Waals surface area (Å²) in [6.45, 7) is 4.25. The van der Waals surface area contributed by atoms with Gasteiger partial charge in [0.2, 0.25) is 11.8 Å². The summed E-state index contributed by atoms with van der Waals surface area (Å²) in [6, 6.07) is 13.5. The van der Waals surface area contributed by atoms with Crippen LogP contribution in [0.1, 0.15) is 67.4 Å². The van der Waals surface area contributed by atoms with Gasteiger partial charge in [0, 0.05) is 29.2 Å². The number of benzene rings is 2. The molecule has 2 aliphatic rings. The maximum absolute atomic E-state index is 13.5. The van der Waals surface area contributed by atoms with Gasteiger partial charge < -0.3 is 15.5 Å². The molecule has 0 aromatic heterocycles. The van der Waals surface area contributed by atoms with Gasteiger partial charge in [0.15, 0.2) is 0 Å². The van der Waals surface area contributed by atoms with Crippen LogP contribution in [0.4, 0.5) is 4.79 Å². The largest absolute Gasteiger partial charge is 0.352 e. The lowest BCUT2D eigenvalue weighted by Crippen LogP contribution is -2.63. The number of halogens is 1. The van der Waals surface area contributed by atoms with E-state index in [1.54, 1.807) is 35.2 Å². The Morgan fingerprint density at radius 2 is 1.76 bits per heavy atom. The zero-order chi connectivity index (χ0) is 27.2. The number of amides is 5. The van der Waals surface area contributed by atoms with E-state index in [0.717, 1.165) is 36.8 Å². The number of hydrogen-bond donors (Lipinski definition) is 2. The highest BCUT2D eigenvalue weighted by Gasteiger charge is 2.47. The molecule has 8 nitrogen and oxygen atoms in total. The number of fused-ring (bicyclic) bond motifs is 1. The average Bonchev–Trinajstić information content (AvgIpc) is 2.93. The van der Waals surface area contributed by atoms with Crippen molar-refractivity contribution in [3.63, 3.8) is 0 Å². The molecule has 1 saturated heterocycles. The second kappa shape index (κ2) is 12.4. The first kappa shape index (κ1) is 27.6. The zero-order valence-electron chi connectivity index (χ0n) is 21.9. The minimum Gasteiger partial charge on any atom is -0.352 e. The predicted octanol–water partition coefficient (Wildman–Crippen LogP) is 4.51. The number of imide groups is 1. The van der Waals surface area contributed by atoms with Crippen LogP contribution in [0.15, 0.2) is 48.5 Å². The van der Waals surface area contributed by atoms with Gasteiger partial charge in [-0.15, -0.1) is 0 Å². The third-order valence-corrected chi connectivity index (χ3v) is 7.85. The molecule has 9 heteroatoms. The minimum atomic E-state index is -0.431. The molecule has 1 aliphatic heterocycles. The van der Waals surface area contributed by atoms with Crippen molar-refractivity contribution in [1.82, 2.24) is 20.4 Å². The molecular formula is C29H35ClN4O4. The van der Waals surface area contributed by atoms with E-state index in [9.17, 15) is 19.2 Å². The zero-order valence-corrected chi connectivity index (χ0v) is 22.7. The summed E-state index contributed by atoms with van der Waals surface area (Å²) in [5.74, 6) is -0.934. The third-order valence-electron chi connectivity index (χ3n) is 7.48. The van der Waals surface area contributed by atoms with Crippen molar-refractivity contribution in [2.24, 2.45) is 5.92 Å². The number of hydrogen-bond acceptors (Lipinski definition) is 4. The number of carbonyl (C=O) groups is 4. The molecule has 0 spiro atoms. The first-order valence-electron chi connectivity index (χ1n) is 13.3. The Labute approximate surface area is 228 Å². The fourth-order valence-electron chi connectivity index (χ4n) is 5.13. The minimum absolute atomic E-state index is 0.0164. The molecule has 5 amide bonds. The fraction of sp³-hybridized carbons (Fsp3) is 0.448. The van der Waals surface area contributed by atoms with Gasteiger partial charge >= 0.3 is 6.03 Å². The van der Waals surface area contributed by atoms with Crippen LogP contribution in [0.25, 0.3) is 0 Å². The topological polar surface area (TPSA) is 98.8 Å². The smallest absolute Gasteiger partial charge is 0.327 e. The van der Waals surface area contributed by atoms with Crippen LogP contribution >= 0.6 is 11.6 Å². The molecule has 0 radical (unpaired) electrons. The molecule has 1 saturated carbocycles. The lowest BCUT2D eigenvalue weighted by Gasteiger charge is -2.46. The molecule has 2 aromatic carbocycles. The number of nitrogens with zero attached hydrogens (tertiary/aromatic N) is 2. The summed E-state index contributed by atoms with van der Waals surface area (Å²) in [4.78, 5) is 55.0. The van der Waals surface area contributed by atoms with Crippen LogP contribution in [-0.2, 0) is 22.7 Å². The van der Waals surface area contributed by atoms with Crippen LogP contribution in [0.2, 0.25) is 5.02 Å². The Kier molecular flexibility index (Phi) is 9.05. The van der Waals surface area contributed by atoms with Gasteiger partial charge in [-0.3, -0.25) is 19.3 Å². The molecule has 2 aromatic rings. The van der Waals surface area contributed by atoms with Crippen LogP contribution in [-0.4, -0.2) is 52.2 Å². The summed E-state index contributed by atoms with van der Waals surface area (Å²) in [6.07, 6.45) is 4.10. The van der Waals surface area contributed by atoms with E-state index in [1.807, 2.05) is 32.0 Å². The first-order valence-corrected chi connectivity index (χ1v) is 13.7. The van der Waals surface area contributed by atoms with Gasteiger partial charge in [-0.25, -0.2) is 4.79 Å². The lowest BCUT2D eigenvalue weighted by atomic mass is 9.81. The Balaban J connectivity index is 1.43. The lowest BCUT2D eigenvalue weighted by molar-refractivity contribution is -0.142. The predicted molar refractivity (Wildman–Crippen MR) is 145 cm³/mol. The maximum atomic E-state index is 13.5. The summed E-state index contributed by atoms with van der Waals surface area (Å²) in [7, 11) is 0. The van der Waals surface area contributed by atoms with E-state index in [2.05, 4.69) is 10.6 Å². The molecule has 2 N–H and O–H groups in total. The monoisotopic (exact) mass is 538 g/mol. The maximum Gasteiger partial charge on any atom is 0.327 e. The van der Waals surface area contributed by atoms with Crippen LogP contribution in [0.5, 0.6) is 0 Å². The standard InChI is InChI=1S/C29H35ClN4O4/c1-3-19(2)32-26(35)18-33-25-11-7-5-9-23(25)28(37)34(29(33)38)17-20-12-14-21(15-13-20)27(36)31-16-22-8-4-6-10-24(22)30/h4,6,8,10,12-15,19,23,25H,3,5,7,9,11,16-18H2,1-2H3,(H,31,36)(H,32,35). The number of urea groups is 1. The van der Waals surface area contributed by atoms with Gasteiger partial charge in [0.25, 0.3) is 5.91 Å². The van der Waals surface area contributed by atoms with Gasteiger partial charge in [0.05, 0.1) is 12.5 Å². The Morgan fingerprint density at radius 1 is 1.05 bits per heavy atom. The molecule has 1 aliphatic carbocycles. The fourth-order valence-corrected chi connectivity index (χ4v) is 5.34. The van der Waals surface area contributed by atoms with Crippen LogP contribution < -0.4 is 10.6 Å². The number of rotatable bonds is 9. The molecule has 1 heterocycles. The molecule has 0 bridgehead atoms. The number of nitrogens with one attached hydrogen (secondary N) is 2. The van der Waals surface area contributed by atoms with Gasteiger partial charge in [-0.1, -0.05) is 61.7 Å². The van der Waals surface area contributed by atoms with E-state index in [-0.39, 0.29) is 48.8 Å². The van der Waals surface area contributed by atoms with Gasteiger partial charge in [0.1, 0.15) is 6.54 Å². The first-order chi connectivity index (χ1) is 18.3. The summed E-state index contributed by atoms with van der Waals surface area (Å²) >= 11 is 6.16. The number of carbonyl (C=O) groups excluding carboxylic acids is 4. The highest BCUT2D eigenvalue weighted by molar-refractivity contribution is 6.31. The van der Waals surface area contributed by atoms with Crippen molar-refractivity contribution in [3.05, 3.63) is 70.2 Å². The highest BCUT2D eigenvalue weighted by atomic mass is 35.5. The van der Waals surface area contributed by atoms with Crippen molar-refractivity contribution in [1.29, 1.82) is 0 Å². The van der Waals surface area contributed by atoms with E-state index < -0.39 is 6.03 Å². The van der Waals surface area contributed by atoms with Crippen LogP contribution in [0, 0.1) is 5.92 Å². The summed E-state index contributed by atoms with van der Waals surface area (Å²) in [5.41, 5.74) is 2.02. The molecule has 4 rings (SSSR count). The summed E-state index contributed by atoms with van der Waals surface area (Å²) in [5, 5.41) is 6.37. The SMILES string of the molecule is CCC(C)NC(=O)CN1C(=O)N(Cc2ccc(C(=O)NCc3ccccc3Cl)cc2)C(=O)C2CCCCC21. The van der Waals surface area contributed by atoms with Crippen molar-refractivity contribution < 1.29 is 19.2 Å². The molecule has 3 atom stereocenters. The van der Waals surface area contributed by atoms with Crippen molar-refractivity contribution in [2.75, 3.05) is 6.54 Å². The normalized spacial score (nSPS) is 20.1. The van der Waals surface area contributed by atoms with E-state index >= 15 is 0 Å². The van der Waals surface area contributed by atoms with E-state index in [1.165, 1.54) is 4.90 Å². The van der Waals surface area contributed by atoms with Crippen molar-refractivity contribution in [2.45, 2.75) is 71.1 Å². The van der Waals surface area contributed by atoms with E-state index in [4.69, 9.17) is 11.6 Å². The second-order valence-corrected chi connectivity index (χ2v) is 10.5. The molecule has 38 heavy (non-hydrogen) atoms. The van der Waals surface area contributed by atoms with Gasteiger partial charge in [-0.05, 0) is 55.5 Å². The highest BCUT2D eigenvalue weighted by Crippen LogP contribution is 2.35. The molecule has 202 valence electrons. The second-order valence-electron chi connectivity index (χ2n) is 10.1. The molecule has 2 fully saturated rings. The Morgan fingerprint density at radius 3 is 2.47 bits per heavy atom. The van der Waals surface area contributed by atoms with Crippen molar-refractivity contribution >= 4 is 35.4 Å².